The van der Waals surface area contributed by atoms with Crippen LogP contribution in [0.4, 0.5) is 5.69 Å². The van der Waals surface area contributed by atoms with Gasteiger partial charge in [0, 0.05) is 18.3 Å². The molecule has 0 unspecified atom stereocenters. The molecule has 0 bridgehead atoms. The molecule has 0 spiro atoms. The standard InChI is InChI=1S/C11H10N2O4S/c1-13-7-2-3-8-6(4-7)5-9(18-17-16-15)10(12)11(8)14/h2-5,12-13,15H,1H3. The van der Waals surface area contributed by atoms with Gasteiger partial charge >= 0.3 is 0 Å². The van der Waals surface area contributed by atoms with Crippen molar-refractivity contribution < 1.29 is 19.4 Å². The Bertz CT molecular complexity index is 542. The zero-order valence-electron chi connectivity index (χ0n) is 9.39. The average Bonchev–Trinajstić information content (AvgIpc) is 2.40. The lowest BCUT2D eigenvalue weighted by Gasteiger charge is -2.15. The summed E-state index contributed by atoms with van der Waals surface area (Å²) in [6.07, 6.45) is 1.63. The second-order valence-corrected chi connectivity index (χ2v) is 4.23. The van der Waals surface area contributed by atoms with Gasteiger partial charge in [0.25, 0.3) is 0 Å². The SMILES string of the molecule is CNc1ccc2c(c1)C=C(SOOO)C(=N)C2=O. The lowest BCUT2D eigenvalue weighted by atomic mass is 9.94. The lowest BCUT2D eigenvalue weighted by molar-refractivity contribution is -0.431. The Hall–Kier alpha value is -1.67. The molecule has 7 heteroatoms. The van der Waals surface area contributed by atoms with E-state index >= 15 is 0 Å². The van der Waals surface area contributed by atoms with E-state index in [2.05, 4.69) is 14.7 Å². The molecule has 0 heterocycles. The number of hydrogen-bond donors (Lipinski definition) is 3. The Morgan fingerprint density at radius 3 is 2.89 bits per heavy atom. The first-order chi connectivity index (χ1) is 8.67. The quantitative estimate of drug-likeness (QED) is 0.440. The maximum absolute atomic E-state index is 11.9. The third-order valence-corrected chi connectivity index (χ3v) is 3.13. The van der Waals surface area contributed by atoms with Crippen LogP contribution in [0, 0.1) is 5.41 Å². The van der Waals surface area contributed by atoms with E-state index in [0.29, 0.717) is 23.2 Å². The largest absolute Gasteiger partial charge is 0.388 e. The van der Waals surface area contributed by atoms with Gasteiger partial charge in [-0.25, -0.2) is 5.26 Å². The number of fused-ring (bicyclic) bond motifs is 1. The zero-order valence-corrected chi connectivity index (χ0v) is 10.2. The van der Waals surface area contributed by atoms with Crippen LogP contribution in [-0.4, -0.2) is 23.8 Å². The summed E-state index contributed by atoms with van der Waals surface area (Å²) in [6, 6.07) is 5.22. The second kappa shape index (κ2) is 5.32. The van der Waals surface area contributed by atoms with E-state index in [4.69, 9.17) is 10.7 Å². The molecule has 0 saturated carbocycles. The molecule has 0 amide bonds. The van der Waals surface area contributed by atoms with Crippen LogP contribution in [0.2, 0.25) is 0 Å². The van der Waals surface area contributed by atoms with Crippen molar-refractivity contribution in [1.29, 1.82) is 5.41 Å². The van der Waals surface area contributed by atoms with Crippen LogP contribution in [0.15, 0.2) is 23.1 Å². The molecule has 18 heavy (non-hydrogen) atoms. The van der Waals surface area contributed by atoms with Gasteiger partial charge < -0.3 is 5.32 Å². The van der Waals surface area contributed by atoms with Crippen molar-refractivity contribution in [1.82, 2.24) is 0 Å². The molecule has 0 radical (unpaired) electrons. The van der Waals surface area contributed by atoms with Crippen LogP contribution in [0.3, 0.4) is 0 Å². The maximum Gasteiger partial charge on any atom is 0.212 e. The molecule has 1 aromatic rings. The fraction of sp³-hybridized carbons (Fsp3) is 0.0909. The number of ketones is 1. The molecule has 1 aromatic carbocycles. The molecule has 0 atom stereocenters. The van der Waals surface area contributed by atoms with Crippen molar-refractivity contribution >= 4 is 35.3 Å². The van der Waals surface area contributed by atoms with Crippen LogP contribution < -0.4 is 5.32 Å². The van der Waals surface area contributed by atoms with Crippen molar-refractivity contribution in [2.24, 2.45) is 0 Å². The van der Waals surface area contributed by atoms with Crippen molar-refractivity contribution in [2.75, 3.05) is 12.4 Å². The Morgan fingerprint density at radius 1 is 1.44 bits per heavy atom. The molecule has 0 saturated heterocycles. The predicted molar refractivity (Wildman–Crippen MR) is 68.4 cm³/mol. The van der Waals surface area contributed by atoms with Gasteiger partial charge in [0.1, 0.15) is 5.71 Å². The third kappa shape index (κ3) is 2.29. The van der Waals surface area contributed by atoms with Crippen molar-refractivity contribution in [3.05, 3.63) is 34.2 Å². The molecule has 2 rings (SSSR count). The molecular weight excluding hydrogens is 256 g/mol. The summed E-state index contributed by atoms with van der Waals surface area (Å²) in [6.45, 7) is 0. The first-order valence-corrected chi connectivity index (χ1v) is 5.73. The van der Waals surface area contributed by atoms with Gasteiger partial charge in [-0.05, 0) is 29.8 Å². The Kier molecular flexibility index (Phi) is 3.78. The Labute approximate surface area is 107 Å². The number of carbonyl (C=O) groups is 1. The molecular formula is C11H10N2O4S. The minimum atomic E-state index is -0.390. The van der Waals surface area contributed by atoms with Crippen LogP contribution in [0.25, 0.3) is 6.08 Å². The minimum Gasteiger partial charge on any atom is -0.388 e. The van der Waals surface area contributed by atoms with Crippen LogP contribution in [-0.2, 0) is 9.37 Å². The number of anilines is 1. The molecule has 94 valence electrons. The number of rotatable bonds is 4. The van der Waals surface area contributed by atoms with Gasteiger partial charge in [0.05, 0.1) is 16.9 Å². The highest BCUT2D eigenvalue weighted by atomic mass is 32.2. The normalized spacial score (nSPS) is 14.2. The number of allylic oxidation sites excluding steroid dienone is 1. The number of benzene rings is 1. The van der Waals surface area contributed by atoms with Gasteiger partial charge in [-0.3, -0.25) is 10.2 Å². The lowest BCUT2D eigenvalue weighted by Crippen LogP contribution is -2.19. The monoisotopic (exact) mass is 266 g/mol. The van der Waals surface area contributed by atoms with E-state index in [1.807, 2.05) is 0 Å². The molecule has 3 N–H and O–H groups in total. The topological polar surface area (TPSA) is 91.6 Å². The first-order valence-electron chi connectivity index (χ1n) is 4.99. The second-order valence-electron chi connectivity index (χ2n) is 3.49. The highest BCUT2D eigenvalue weighted by Crippen LogP contribution is 2.30. The fourth-order valence-electron chi connectivity index (χ4n) is 1.62. The van der Waals surface area contributed by atoms with Gasteiger partial charge in [-0.15, -0.1) is 4.33 Å². The smallest absolute Gasteiger partial charge is 0.212 e. The highest BCUT2D eigenvalue weighted by Gasteiger charge is 2.25. The average molecular weight is 266 g/mol. The van der Waals surface area contributed by atoms with Gasteiger partial charge in [0.2, 0.25) is 5.78 Å². The van der Waals surface area contributed by atoms with Crippen molar-refractivity contribution in [2.45, 2.75) is 0 Å². The van der Waals surface area contributed by atoms with Crippen LogP contribution in [0.5, 0.6) is 0 Å². The fourth-order valence-corrected chi connectivity index (χ4v) is 2.08. The summed E-state index contributed by atoms with van der Waals surface area (Å²) in [7, 11) is 1.77. The first kappa shape index (κ1) is 12.8. The Balaban J connectivity index is 2.42. The maximum atomic E-state index is 11.9. The van der Waals surface area contributed by atoms with E-state index in [1.165, 1.54) is 0 Å². The van der Waals surface area contributed by atoms with Gasteiger partial charge in [-0.2, -0.15) is 0 Å². The summed E-state index contributed by atoms with van der Waals surface area (Å²) in [4.78, 5) is 12.2. The van der Waals surface area contributed by atoms with Gasteiger partial charge in [-0.1, -0.05) is 5.04 Å². The van der Waals surface area contributed by atoms with Crippen molar-refractivity contribution in [3.8, 4) is 0 Å². The minimum absolute atomic E-state index is 0.193. The third-order valence-electron chi connectivity index (χ3n) is 2.50. The summed E-state index contributed by atoms with van der Waals surface area (Å²) >= 11 is 0.609. The highest BCUT2D eigenvalue weighted by molar-refractivity contribution is 7.99. The molecule has 0 aliphatic heterocycles. The van der Waals surface area contributed by atoms with E-state index in [-0.39, 0.29) is 16.4 Å². The van der Waals surface area contributed by atoms with E-state index in [9.17, 15) is 4.79 Å². The predicted octanol–water partition coefficient (Wildman–Crippen LogP) is 2.35. The summed E-state index contributed by atoms with van der Waals surface area (Å²) < 4.78 is 4.26. The zero-order chi connectivity index (χ0) is 13.1. The van der Waals surface area contributed by atoms with Crippen LogP contribution >= 0.6 is 12.0 Å². The number of hydrogen-bond acceptors (Lipinski definition) is 7. The Morgan fingerprint density at radius 2 is 2.22 bits per heavy atom. The van der Waals surface area contributed by atoms with E-state index in [1.54, 1.807) is 31.3 Å². The van der Waals surface area contributed by atoms with E-state index in [0.717, 1.165) is 5.69 Å². The molecule has 1 aliphatic rings. The number of carbonyl (C=O) groups excluding carboxylic acids is 1. The molecule has 6 nitrogen and oxygen atoms in total. The molecule has 1 aliphatic carbocycles. The molecule has 0 fully saturated rings. The van der Waals surface area contributed by atoms with Gasteiger partial charge in [0.15, 0.2) is 0 Å². The summed E-state index contributed by atoms with van der Waals surface area (Å²) in [5.41, 5.74) is 1.82. The number of Topliss-reactive ketones (excluding diaryl/α,β-unsaturated/α-hetero) is 1. The van der Waals surface area contributed by atoms with E-state index < -0.39 is 0 Å². The summed E-state index contributed by atoms with van der Waals surface area (Å²) in [5, 5.41) is 22.2. The summed E-state index contributed by atoms with van der Waals surface area (Å²) in [5.74, 6) is -0.390. The van der Waals surface area contributed by atoms with Crippen LogP contribution in [0.1, 0.15) is 15.9 Å². The molecule has 0 aromatic heterocycles. The van der Waals surface area contributed by atoms with Crippen molar-refractivity contribution in [3.63, 3.8) is 0 Å². The number of nitrogens with one attached hydrogen (secondary N) is 2.